The van der Waals surface area contributed by atoms with Crippen LogP contribution in [0.4, 0.5) is 13.2 Å². The quantitative estimate of drug-likeness (QED) is 0.597. The minimum atomic E-state index is -5.09. The van der Waals surface area contributed by atoms with Crippen LogP contribution >= 0.6 is 0 Å². The third kappa shape index (κ3) is 7.87. The number of carbonyl (C=O) groups is 2. The number of rotatable bonds is 5. The molecule has 0 unspecified atom stereocenters. The van der Waals surface area contributed by atoms with Crippen molar-refractivity contribution in [2.75, 3.05) is 6.61 Å². The molecule has 0 bridgehead atoms. The van der Waals surface area contributed by atoms with E-state index >= 15 is 0 Å². The third-order valence-corrected chi connectivity index (χ3v) is 3.01. The Kier molecular flexibility index (Phi) is 6.63. The van der Waals surface area contributed by atoms with Gasteiger partial charge in [-0.3, -0.25) is 4.79 Å². The monoisotopic (exact) mass is 367 g/mol. The van der Waals surface area contributed by atoms with Crippen LogP contribution < -0.4 is 5.32 Å². The van der Waals surface area contributed by atoms with E-state index in [9.17, 15) is 22.8 Å². The summed E-state index contributed by atoms with van der Waals surface area (Å²) in [6, 6.07) is -1.46. The first-order valence-electron chi connectivity index (χ1n) is 7.78. The van der Waals surface area contributed by atoms with Crippen LogP contribution in [0.25, 0.3) is 0 Å². The van der Waals surface area contributed by atoms with Gasteiger partial charge < -0.3 is 19.5 Å². The van der Waals surface area contributed by atoms with E-state index in [-0.39, 0.29) is 19.1 Å². The summed E-state index contributed by atoms with van der Waals surface area (Å²) < 4.78 is 53.3. The summed E-state index contributed by atoms with van der Waals surface area (Å²) >= 11 is 0. The summed E-state index contributed by atoms with van der Waals surface area (Å²) in [5, 5.41) is 1.66. The highest BCUT2D eigenvalue weighted by atomic mass is 19.4. The molecule has 1 amide bonds. The number of hydrogen-bond donors (Lipinski definition) is 1. The molecule has 1 aliphatic rings. The van der Waals surface area contributed by atoms with E-state index in [2.05, 4.69) is 0 Å². The number of halogens is 3. The number of nitrogens with one attached hydrogen (secondary N) is 1. The largest absolute Gasteiger partial charge is 0.471 e. The van der Waals surface area contributed by atoms with Gasteiger partial charge in [-0.15, -0.1) is 0 Å². The normalized spacial score (nSPS) is 22.0. The molecule has 6 nitrogen and oxygen atoms in total. The molecule has 1 heterocycles. The maximum Gasteiger partial charge on any atom is 0.471 e. The Morgan fingerprint density at radius 1 is 1.32 bits per heavy atom. The lowest BCUT2D eigenvalue weighted by atomic mass is 10.1. The van der Waals surface area contributed by atoms with Gasteiger partial charge in [0, 0.05) is 0 Å². The smallest absolute Gasteiger partial charge is 0.458 e. The standard InChI is InChI=1S/C16H24F3NO5/c1-14(2,3)25-12(21)11(20-13(22)16(17,18)19)8-6-7-10-9-23-15(4,5)24-10/h6-7,10-11H,8-9H2,1-5H3,(H,20,22)/b7-6+/t10-,11+/m0/s1. The van der Waals surface area contributed by atoms with Crippen LogP contribution in [-0.2, 0) is 23.8 Å². The summed E-state index contributed by atoms with van der Waals surface area (Å²) in [6.45, 7) is 8.48. The number of hydrogen-bond acceptors (Lipinski definition) is 5. The summed E-state index contributed by atoms with van der Waals surface area (Å²) in [6.07, 6.45) is -2.60. The van der Waals surface area contributed by atoms with Crippen LogP contribution in [0.15, 0.2) is 12.2 Å². The van der Waals surface area contributed by atoms with E-state index < -0.39 is 35.5 Å². The zero-order valence-electron chi connectivity index (χ0n) is 14.9. The van der Waals surface area contributed by atoms with Crippen molar-refractivity contribution in [3.63, 3.8) is 0 Å². The Morgan fingerprint density at radius 3 is 2.36 bits per heavy atom. The zero-order chi connectivity index (χ0) is 19.5. The molecule has 1 aliphatic heterocycles. The van der Waals surface area contributed by atoms with E-state index in [1.165, 1.54) is 6.08 Å². The molecule has 0 radical (unpaired) electrons. The lowest BCUT2D eigenvalue weighted by molar-refractivity contribution is -0.177. The number of esters is 1. The fourth-order valence-corrected chi connectivity index (χ4v) is 2.00. The minimum absolute atomic E-state index is 0.170. The summed E-state index contributed by atoms with van der Waals surface area (Å²) in [7, 11) is 0. The van der Waals surface area contributed by atoms with Crippen molar-refractivity contribution in [3.8, 4) is 0 Å². The van der Waals surface area contributed by atoms with Crippen molar-refractivity contribution in [2.45, 2.75) is 70.7 Å². The lowest BCUT2D eigenvalue weighted by Gasteiger charge is -2.24. The van der Waals surface area contributed by atoms with Gasteiger partial charge in [0.2, 0.25) is 0 Å². The third-order valence-electron chi connectivity index (χ3n) is 3.01. The lowest BCUT2D eigenvalue weighted by Crippen LogP contribution is -2.48. The molecule has 0 aromatic rings. The topological polar surface area (TPSA) is 73.9 Å². The Morgan fingerprint density at radius 2 is 1.92 bits per heavy atom. The average molecular weight is 367 g/mol. The van der Waals surface area contributed by atoms with Gasteiger partial charge in [0.15, 0.2) is 5.79 Å². The van der Waals surface area contributed by atoms with Crippen LogP contribution in [0, 0.1) is 0 Å². The SMILES string of the molecule is CC(C)(C)OC(=O)[C@@H](C/C=C/[C@H]1COC(C)(C)O1)NC(=O)C(F)(F)F. The maximum absolute atomic E-state index is 12.4. The Balaban J connectivity index is 2.74. The minimum Gasteiger partial charge on any atom is -0.458 e. The first-order chi connectivity index (χ1) is 11.2. The molecular weight excluding hydrogens is 343 g/mol. The predicted octanol–water partition coefficient (Wildman–Crippen LogP) is 2.47. The molecule has 1 fully saturated rings. The van der Waals surface area contributed by atoms with Gasteiger partial charge in [0.25, 0.3) is 0 Å². The van der Waals surface area contributed by atoms with Crippen LogP contribution in [0.2, 0.25) is 0 Å². The summed E-state index contributed by atoms with van der Waals surface area (Å²) in [5.74, 6) is -3.89. The van der Waals surface area contributed by atoms with Crippen LogP contribution in [0.1, 0.15) is 41.0 Å². The van der Waals surface area contributed by atoms with Gasteiger partial charge in [0.05, 0.1) is 6.61 Å². The second-order valence-corrected chi connectivity index (χ2v) is 7.09. The van der Waals surface area contributed by atoms with Gasteiger partial charge in [-0.1, -0.05) is 12.2 Å². The van der Waals surface area contributed by atoms with Gasteiger partial charge in [-0.25, -0.2) is 4.79 Å². The fourth-order valence-electron chi connectivity index (χ4n) is 2.00. The molecule has 0 aromatic carbocycles. The molecule has 9 heteroatoms. The molecule has 0 aliphatic carbocycles. The highest BCUT2D eigenvalue weighted by Gasteiger charge is 2.41. The Bertz CT molecular complexity index is 523. The molecule has 2 atom stereocenters. The van der Waals surface area contributed by atoms with Crippen LogP contribution in [0.3, 0.4) is 0 Å². The van der Waals surface area contributed by atoms with Crippen molar-refractivity contribution in [1.82, 2.24) is 5.32 Å². The highest BCUT2D eigenvalue weighted by molar-refractivity contribution is 5.87. The number of ether oxygens (including phenoxy) is 3. The van der Waals surface area contributed by atoms with E-state index in [0.717, 1.165) is 0 Å². The van der Waals surface area contributed by atoms with Gasteiger partial charge in [-0.2, -0.15) is 13.2 Å². The van der Waals surface area contributed by atoms with Crippen LogP contribution in [0.5, 0.6) is 0 Å². The molecule has 0 aromatic heterocycles. The Labute approximate surface area is 144 Å². The second-order valence-electron chi connectivity index (χ2n) is 7.09. The maximum atomic E-state index is 12.4. The molecule has 1 N–H and O–H groups in total. The first-order valence-corrected chi connectivity index (χ1v) is 7.78. The van der Waals surface area contributed by atoms with Crippen molar-refractivity contribution < 1.29 is 37.0 Å². The van der Waals surface area contributed by atoms with E-state index in [1.54, 1.807) is 46.0 Å². The summed E-state index contributed by atoms with van der Waals surface area (Å²) in [4.78, 5) is 23.2. The second kappa shape index (κ2) is 7.74. The predicted molar refractivity (Wildman–Crippen MR) is 82.5 cm³/mol. The van der Waals surface area contributed by atoms with Crippen molar-refractivity contribution >= 4 is 11.9 Å². The molecule has 0 saturated carbocycles. The van der Waals surface area contributed by atoms with E-state index in [0.29, 0.717) is 0 Å². The van der Waals surface area contributed by atoms with Crippen LogP contribution in [-0.4, -0.2) is 48.2 Å². The van der Waals surface area contributed by atoms with Crippen molar-refractivity contribution in [1.29, 1.82) is 0 Å². The van der Waals surface area contributed by atoms with Crippen molar-refractivity contribution in [2.24, 2.45) is 0 Å². The Hall–Kier alpha value is -1.61. The fraction of sp³-hybridized carbons (Fsp3) is 0.750. The van der Waals surface area contributed by atoms with Gasteiger partial charge in [-0.05, 0) is 41.0 Å². The van der Waals surface area contributed by atoms with Gasteiger partial charge >= 0.3 is 18.1 Å². The molecule has 25 heavy (non-hydrogen) atoms. The van der Waals surface area contributed by atoms with Gasteiger partial charge in [0.1, 0.15) is 17.7 Å². The molecular formula is C16H24F3NO5. The number of amides is 1. The van der Waals surface area contributed by atoms with E-state index in [4.69, 9.17) is 14.2 Å². The number of alkyl halides is 3. The molecule has 144 valence electrons. The highest BCUT2D eigenvalue weighted by Crippen LogP contribution is 2.23. The average Bonchev–Trinajstić information content (AvgIpc) is 2.73. The zero-order valence-corrected chi connectivity index (χ0v) is 14.9. The first kappa shape index (κ1) is 21.4. The number of carbonyl (C=O) groups excluding carboxylic acids is 2. The van der Waals surface area contributed by atoms with Crippen molar-refractivity contribution in [3.05, 3.63) is 12.2 Å². The molecule has 0 spiro atoms. The molecule has 1 saturated heterocycles. The van der Waals surface area contributed by atoms with E-state index in [1.807, 2.05) is 0 Å². The molecule has 1 rings (SSSR count). The summed E-state index contributed by atoms with van der Waals surface area (Å²) in [5.41, 5.74) is -0.894.